The zero-order valence-corrected chi connectivity index (χ0v) is 12.3. The third-order valence-electron chi connectivity index (χ3n) is 3.89. The molecule has 0 amide bonds. The summed E-state index contributed by atoms with van der Waals surface area (Å²) >= 11 is 0. The molecule has 0 bridgehead atoms. The quantitative estimate of drug-likeness (QED) is 0.538. The van der Waals surface area contributed by atoms with Gasteiger partial charge in [-0.15, -0.1) is 0 Å². The number of hydrogen-bond donors (Lipinski definition) is 1. The third-order valence-corrected chi connectivity index (χ3v) is 3.89. The molecule has 3 nitrogen and oxygen atoms in total. The van der Waals surface area contributed by atoms with Crippen molar-refractivity contribution in [3.8, 4) is 5.75 Å². The Labute approximate surface area is 133 Å². The van der Waals surface area contributed by atoms with Gasteiger partial charge in [-0.3, -0.25) is 9.98 Å². The molecule has 0 spiro atoms. The van der Waals surface area contributed by atoms with Crippen LogP contribution in [-0.2, 0) is 0 Å². The molecular formula is C20H14N2O. The van der Waals surface area contributed by atoms with E-state index in [0.29, 0.717) is 0 Å². The minimum absolute atomic E-state index is 0.223. The molecule has 0 unspecified atom stereocenters. The lowest BCUT2D eigenvalue weighted by atomic mass is 10.0. The molecule has 110 valence electrons. The highest BCUT2D eigenvalue weighted by molar-refractivity contribution is 6.04. The molecule has 1 N–H and O–H groups in total. The predicted molar refractivity (Wildman–Crippen MR) is 94.6 cm³/mol. The van der Waals surface area contributed by atoms with Gasteiger partial charge in [0.15, 0.2) is 0 Å². The molecule has 4 aromatic rings. The van der Waals surface area contributed by atoms with Gasteiger partial charge in [0.05, 0.1) is 11.2 Å². The van der Waals surface area contributed by atoms with Crippen LogP contribution in [0.15, 0.2) is 77.9 Å². The van der Waals surface area contributed by atoms with Crippen molar-refractivity contribution in [1.29, 1.82) is 0 Å². The second kappa shape index (κ2) is 5.54. The molecule has 3 aromatic carbocycles. The van der Waals surface area contributed by atoms with E-state index < -0.39 is 0 Å². The summed E-state index contributed by atoms with van der Waals surface area (Å²) in [5.41, 5.74) is 2.36. The standard InChI is InChI=1S/C20H14N2O/c23-19-11-10-14-5-1-2-8-16(14)17(19)13-22-18-9-3-6-15-7-4-12-21-20(15)18/h1-13,23H. The molecule has 0 radical (unpaired) electrons. The van der Waals surface area contributed by atoms with Crippen LogP contribution in [-0.4, -0.2) is 16.3 Å². The molecule has 1 heterocycles. The Bertz CT molecular complexity index is 1030. The second-order valence-corrected chi connectivity index (χ2v) is 5.33. The second-order valence-electron chi connectivity index (χ2n) is 5.33. The summed E-state index contributed by atoms with van der Waals surface area (Å²) in [6, 6.07) is 21.4. The highest BCUT2D eigenvalue weighted by atomic mass is 16.3. The zero-order valence-electron chi connectivity index (χ0n) is 12.3. The first-order valence-electron chi connectivity index (χ1n) is 7.41. The Hall–Kier alpha value is -3.20. The Morgan fingerprint density at radius 1 is 0.826 bits per heavy atom. The maximum absolute atomic E-state index is 10.2. The fourth-order valence-electron chi connectivity index (χ4n) is 2.75. The molecule has 0 saturated heterocycles. The summed E-state index contributed by atoms with van der Waals surface area (Å²) < 4.78 is 0. The van der Waals surface area contributed by atoms with Gasteiger partial charge in [0.1, 0.15) is 5.75 Å². The number of nitrogens with zero attached hydrogens (tertiary/aromatic N) is 2. The summed E-state index contributed by atoms with van der Waals surface area (Å²) in [5, 5.41) is 13.3. The van der Waals surface area contributed by atoms with Crippen LogP contribution in [0.4, 0.5) is 5.69 Å². The predicted octanol–water partition coefficient (Wildman–Crippen LogP) is 4.84. The number of aromatic hydroxyl groups is 1. The molecule has 0 saturated carbocycles. The summed E-state index contributed by atoms with van der Waals surface area (Å²) in [4.78, 5) is 8.97. The van der Waals surface area contributed by atoms with Crippen LogP contribution in [0.25, 0.3) is 21.7 Å². The Balaban J connectivity index is 1.87. The van der Waals surface area contributed by atoms with Gasteiger partial charge < -0.3 is 5.11 Å². The average Bonchev–Trinajstić information content (AvgIpc) is 2.61. The summed E-state index contributed by atoms with van der Waals surface area (Å²) in [6.07, 6.45) is 3.47. The first kappa shape index (κ1) is 13.5. The highest BCUT2D eigenvalue weighted by Crippen LogP contribution is 2.28. The van der Waals surface area contributed by atoms with Crippen molar-refractivity contribution < 1.29 is 5.11 Å². The Morgan fingerprint density at radius 3 is 2.61 bits per heavy atom. The van der Waals surface area contributed by atoms with Gasteiger partial charge in [-0.05, 0) is 29.0 Å². The molecule has 0 fully saturated rings. The minimum atomic E-state index is 0.223. The lowest BCUT2D eigenvalue weighted by molar-refractivity contribution is 0.475. The van der Waals surface area contributed by atoms with E-state index in [1.165, 1.54) is 0 Å². The van der Waals surface area contributed by atoms with Crippen LogP contribution in [0.3, 0.4) is 0 Å². The number of para-hydroxylation sites is 1. The van der Waals surface area contributed by atoms with E-state index in [9.17, 15) is 5.11 Å². The number of phenolic OH excluding ortho intramolecular Hbond substituents is 1. The fourth-order valence-corrected chi connectivity index (χ4v) is 2.75. The van der Waals surface area contributed by atoms with E-state index >= 15 is 0 Å². The van der Waals surface area contributed by atoms with Crippen LogP contribution in [0.1, 0.15) is 5.56 Å². The maximum atomic E-state index is 10.2. The minimum Gasteiger partial charge on any atom is -0.507 e. The molecule has 23 heavy (non-hydrogen) atoms. The highest BCUT2D eigenvalue weighted by Gasteiger charge is 2.05. The maximum Gasteiger partial charge on any atom is 0.124 e. The Morgan fingerprint density at radius 2 is 1.65 bits per heavy atom. The molecule has 4 rings (SSSR count). The zero-order chi connectivity index (χ0) is 15.6. The number of hydrogen-bond acceptors (Lipinski definition) is 3. The van der Waals surface area contributed by atoms with Crippen molar-refractivity contribution >= 4 is 33.6 Å². The number of aliphatic imine (C=N–C) groups is 1. The summed E-state index contributed by atoms with van der Waals surface area (Å²) in [5.74, 6) is 0.223. The van der Waals surface area contributed by atoms with Gasteiger partial charge in [0.2, 0.25) is 0 Å². The monoisotopic (exact) mass is 298 g/mol. The van der Waals surface area contributed by atoms with E-state index in [1.807, 2.05) is 60.7 Å². The van der Waals surface area contributed by atoms with E-state index in [2.05, 4.69) is 9.98 Å². The summed E-state index contributed by atoms with van der Waals surface area (Å²) in [7, 11) is 0. The van der Waals surface area contributed by atoms with E-state index in [1.54, 1.807) is 18.5 Å². The molecule has 0 aliphatic carbocycles. The van der Waals surface area contributed by atoms with Crippen molar-refractivity contribution in [2.24, 2.45) is 4.99 Å². The average molecular weight is 298 g/mol. The van der Waals surface area contributed by atoms with E-state index in [4.69, 9.17) is 0 Å². The largest absolute Gasteiger partial charge is 0.507 e. The lowest BCUT2D eigenvalue weighted by Gasteiger charge is -2.05. The number of rotatable bonds is 2. The van der Waals surface area contributed by atoms with E-state index in [0.717, 1.165) is 32.9 Å². The first-order valence-corrected chi connectivity index (χ1v) is 7.41. The molecule has 1 aromatic heterocycles. The molecular weight excluding hydrogens is 284 g/mol. The van der Waals surface area contributed by atoms with Gasteiger partial charge in [-0.2, -0.15) is 0 Å². The Kier molecular flexibility index (Phi) is 3.24. The van der Waals surface area contributed by atoms with Crippen LogP contribution in [0.5, 0.6) is 5.75 Å². The van der Waals surface area contributed by atoms with Crippen molar-refractivity contribution in [3.05, 3.63) is 78.5 Å². The lowest BCUT2D eigenvalue weighted by Crippen LogP contribution is -1.86. The van der Waals surface area contributed by atoms with Crippen LogP contribution >= 0.6 is 0 Å². The molecule has 0 atom stereocenters. The van der Waals surface area contributed by atoms with Crippen LogP contribution in [0.2, 0.25) is 0 Å². The van der Waals surface area contributed by atoms with Crippen molar-refractivity contribution in [3.63, 3.8) is 0 Å². The van der Waals surface area contributed by atoms with Gasteiger partial charge in [0, 0.05) is 23.4 Å². The first-order chi connectivity index (χ1) is 11.3. The van der Waals surface area contributed by atoms with Crippen molar-refractivity contribution in [1.82, 2.24) is 4.98 Å². The van der Waals surface area contributed by atoms with Gasteiger partial charge in [-0.1, -0.05) is 48.5 Å². The normalized spacial score (nSPS) is 11.5. The van der Waals surface area contributed by atoms with Gasteiger partial charge >= 0.3 is 0 Å². The SMILES string of the molecule is Oc1ccc2ccccc2c1C=Nc1cccc2cccnc12. The van der Waals surface area contributed by atoms with Crippen molar-refractivity contribution in [2.75, 3.05) is 0 Å². The number of benzene rings is 3. The van der Waals surface area contributed by atoms with Gasteiger partial charge in [0.25, 0.3) is 0 Å². The number of phenols is 1. The third kappa shape index (κ3) is 2.42. The molecule has 0 aliphatic rings. The summed E-state index contributed by atoms with van der Waals surface area (Å²) in [6.45, 7) is 0. The topological polar surface area (TPSA) is 45.5 Å². The molecule has 0 aliphatic heterocycles. The van der Waals surface area contributed by atoms with Crippen LogP contribution < -0.4 is 0 Å². The fraction of sp³-hybridized carbons (Fsp3) is 0. The van der Waals surface area contributed by atoms with Crippen molar-refractivity contribution in [2.45, 2.75) is 0 Å². The number of pyridine rings is 1. The smallest absolute Gasteiger partial charge is 0.124 e. The van der Waals surface area contributed by atoms with Gasteiger partial charge in [-0.25, -0.2) is 0 Å². The van der Waals surface area contributed by atoms with Crippen LogP contribution in [0, 0.1) is 0 Å². The number of aromatic nitrogens is 1. The molecule has 3 heteroatoms. The number of fused-ring (bicyclic) bond motifs is 2. The van der Waals surface area contributed by atoms with E-state index in [-0.39, 0.29) is 5.75 Å².